The van der Waals surface area contributed by atoms with E-state index in [0.717, 1.165) is 30.0 Å². The summed E-state index contributed by atoms with van der Waals surface area (Å²) in [6.07, 6.45) is -9.31. The lowest BCUT2D eigenvalue weighted by molar-refractivity contribution is -0.150. The molecule has 1 heterocycles. The molecular formula is C13H9ClF6N2O2S2. The Kier molecular flexibility index (Phi) is 6.41. The molecule has 1 aliphatic rings. The molecule has 0 saturated carbocycles. The lowest BCUT2D eigenvalue weighted by atomic mass is 10.3. The summed E-state index contributed by atoms with van der Waals surface area (Å²) in [6.45, 7) is -1.55. The number of amidine groups is 1. The van der Waals surface area contributed by atoms with Crippen LogP contribution in [0.2, 0.25) is 5.02 Å². The van der Waals surface area contributed by atoms with Crippen LogP contribution in [0.1, 0.15) is 0 Å². The quantitative estimate of drug-likeness (QED) is 0.524. The van der Waals surface area contributed by atoms with Crippen molar-refractivity contribution in [3.63, 3.8) is 0 Å². The Balaban J connectivity index is 2.31. The second-order valence-electron chi connectivity index (χ2n) is 5.00. The van der Waals surface area contributed by atoms with Gasteiger partial charge in [-0.15, -0.1) is 0 Å². The lowest BCUT2D eigenvalue weighted by Gasteiger charge is -2.18. The largest absolute Gasteiger partial charge is 0.611 e. The number of nitrogens with zero attached hydrogens (tertiary/aromatic N) is 2. The molecule has 0 spiro atoms. The van der Waals surface area contributed by atoms with E-state index in [-0.39, 0.29) is 26.5 Å². The molecule has 1 fully saturated rings. The van der Waals surface area contributed by atoms with Gasteiger partial charge in [0.05, 0.1) is 16.5 Å². The Morgan fingerprint density at radius 2 is 1.88 bits per heavy atom. The minimum atomic E-state index is -4.66. The van der Waals surface area contributed by atoms with Crippen LogP contribution in [0.5, 0.6) is 0 Å². The number of halogens is 7. The molecule has 13 heteroatoms. The SMILES string of the molecule is O=C1CS/C(=N\c2cc([S+]([O-])CC(F)(F)F)ccc2Cl)N1CC(F)(F)F. The second-order valence-corrected chi connectivity index (χ2v) is 7.80. The standard InChI is InChI=1S/C13H9ClF6N2O2S2/c14-8-2-1-7(26(24)6-13(18,19)20)3-9(8)21-11-22(5-12(15,16)17)10(23)4-25-11/h1-3H,4-6H2/b21-11-. The molecule has 1 amide bonds. The van der Waals surface area contributed by atoms with Crippen LogP contribution in [0.15, 0.2) is 28.1 Å². The summed E-state index contributed by atoms with van der Waals surface area (Å²) in [5, 5.41) is -0.356. The molecule has 1 aliphatic heterocycles. The summed E-state index contributed by atoms with van der Waals surface area (Å²) >= 11 is 4.18. The molecular weight excluding hydrogens is 430 g/mol. The van der Waals surface area contributed by atoms with Crippen molar-refractivity contribution >= 4 is 51.3 Å². The van der Waals surface area contributed by atoms with E-state index in [1.807, 2.05) is 0 Å². The van der Waals surface area contributed by atoms with Gasteiger partial charge in [0.15, 0.2) is 10.1 Å². The van der Waals surface area contributed by atoms with E-state index in [4.69, 9.17) is 11.6 Å². The molecule has 2 rings (SSSR count). The summed E-state index contributed by atoms with van der Waals surface area (Å²) in [7, 11) is 0. The van der Waals surface area contributed by atoms with Crippen LogP contribution in [-0.4, -0.2) is 50.9 Å². The van der Waals surface area contributed by atoms with E-state index in [0.29, 0.717) is 4.90 Å². The van der Waals surface area contributed by atoms with Crippen LogP contribution in [0.4, 0.5) is 32.0 Å². The average Bonchev–Trinajstić information content (AvgIpc) is 2.79. The number of hydrogen-bond donors (Lipinski definition) is 0. The first-order chi connectivity index (χ1) is 11.9. The topological polar surface area (TPSA) is 55.7 Å². The maximum atomic E-state index is 12.6. The molecule has 1 atom stereocenters. The molecule has 0 aromatic heterocycles. The minimum absolute atomic E-state index is 0.0721. The van der Waals surface area contributed by atoms with Crippen molar-refractivity contribution in [1.82, 2.24) is 4.90 Å². The van der Waals surface area contributed by atoms with Gasteiger partial charge in [0.2, 0.25) is 11.7 Å². The predicted molar refractivity (Wildman–Crippen MR) is 86.1 cm³/mol. The molecule has 1 unspecified atom stereocenters. The van der Waals surface area contributed by atoms with Gasteiger partial charge < -0.3 is 4.55 Å². The Bertz CT molecular complexity index is 726. The number of amides is 1. The van der Waals surface area contributed by atoms with Crippen LogP contribution >= 0.6 is 23.4 Å². The fourth-order valence-electron chi connectivity index (χ4n) is 1.87. The number of benzene rings is 1. The summed E-state index contributed by atoms with van der Waals surface area (Å²) < 4.78 is 86.5. The van der Waals surface area contributed by atoms with Gasteiger partial charge in [-0.2, -0.15) is 26.3 Å². The second kappa shape index (κ2) is 7.87. The third-order valence-electron chi connectivity index (χ3n) is 2.89. The van der Waals surface area contributed by atoms with Crippen molar-refractivity contribution in [2.75, 3.05) is 18.1 Å². The first-order valence-corrected chi connectivity index (χ1v) is 9.37. The fraction of sp³-hybridized carbons (Fsp3) is 0.385. The van der Waals surface area contributed by atoms with Crippen molar-refractivity contribution in [2.45, 2.75) is 17.2 Å². The van der Waals surface area contributed by atoms with Crippen LogP contribution in [0.3, 0.4) is 0 Å². The van der Waals surface area contributed by atoms with Gasteiger partial charge in [-0.1, -0.05) is 23.4 Å². The predicted octanol–water partition coefficient (Wildman–Crippen LogP) is 4.14. The highest BCUT2D eigenvalue weighted by Gasteiger charge is 2.39. The molecule has 144 valence electrons. The number of aliphatic imine (C=N–C) groups is 1. The van der Waals surface area contributed by atoms with E-state index < -0.39 is 41.7 Å². The van der Waals surface area contributed by atoms with Gasteiger partial charge in [0.1, 0.15) is 6.54 Å². The Labute approximate surface area is 155 Å². The van der Waals surface area contributed by atoms with E-state index in [2.05, 4.69) is 4.99 Å². The van der Waals surface area contributed by atoms with Crippen molar-refractivity contribution in [3.05, 3.63) is 23.2 Å². The Hall–Kier alpha value is -1.11. The first-order valence-electron chi connectivity index (χ1n) is 6.69. The van der Waals surface area contributed by atoms with Gasteiger partial charge in [0, 0.05) is 6.07 Å². The number of alkyl halides is 6. The van der Waals surface area contributed by atoms with Crippen LogP contribution < -0.4 is 0 Å². The van der Waals surface area contributed by atoms with E-state index >= 15 is 0 Å². The molecule has 0 bridgehead atoms. The molecule has 0 radical (unpaired) electrons. The number of hydrogen-bond acceptors (Lipinski definition) is 4. The minimum Gasteiger partial charge on any atom is -0.611 e. The smallest absolute Gasteiger partial charge is 0.433 e. The van der Waals surface area contributed by atoms with Crippen molar-refractivity contribution in [2.24, 2.45) is 4.99 Å². The molecule has 1 aromatic rings. The number of rotatable bonds is 4. The Morgan fingerprint density at radius 1 is 1.23 bits per heavy atom. The third-order valence-corrected chi connectivity index (χ3v) is 5.54. The molecule has 26 heavy (non-hydrogen) atoms. The summed E-state index contributed by atoms with van der Waals surface area (Å²) in [5.74, 6) is -2.65. The number of carbonyl (C=O) groups excluding carboxylic acids is 1. The van der Waals surface area contributed by atoms with Crippen molar-refractivity contribution < 1.29 is 35.7 Å². The van der Waals surface area contributed by atoms with Gasteiger partial charge >= 0.3 is 12.4 Å². The normalized spacial score (nSPS) is 18.7. The van der Waals surface area contributed by atoms with Crippen molar-refractivity contribution in [3.8, 4) is 0 Å². The lowest BCUT2D eigenvalue weighted by Crippen LogP contribution is -2.38. The van der Waals surface area contributed by atoms with Crippen LogP contribution in [0, 0.1) is 0 Å². The molecule has 0 N–H and O–H groups in total. The summed E-state index contributed by atoms with van der Waals surface area (Å²) in [4.78, 5) is 15.6. The zero-order valence-corrected chi connectivity index (χ0v) is 14.9. The zero-order valence-electron chi connectivity index (χ0n) is 12.5. The Morgan fingerprint density at radius 3 is 2.46 bits per heavy atom. The van der Waals surface area contributed by atoms with E-state index in [9.17, 15) is 35.7 Å². The van der Waals surface area contributed by atoms with E-state index in [1.165, 1.54) is 0 Å². The number of thioether (sulfide) groups is 1. The van der Waals surface area contributed by atoms with Gasteiger partial charge in [-0.3, -0.25) is 9.69 Å². The highest BCUT2D eigenvalue weighted by Crippen LogP contribution is 2.33. The molecule has 4 nitrogen and oxygen atoms in total. The average molecular weight is 439 g/mol. The van der Waals surface area contributed by atoms with Crippen LogP contribution in [-0.2, 0) is 16.0 Å². The van der Waals surface area contributed by atoms with Gasteiger partial charge in [-0.05, 0) is 23.3 Å². The summed E-state index contributed by atoms with van der Waals surface area (Å²) in [5.41, 5.74) is -0.177. The first kappa shape index (κ1) is 21.2. The van der Waals surface area contributed by atoms with Gasteiger partial charge in [-0.25, -0.2) is 4.99 Å². The monoisotopic (exact) mass is 438 g/mol. The highest BCUT2D eigenvalue weighted by atomic mass is 35.5. The van der Waals surface area contributed by atoms with Crippen LogP contribution in [0.25, 0.3) is 0 Å². The summed E-state index contributed by atoms with van der Waals surface area (Å²) in [6, 6.07) is 3.24. The van der Waals surface area contributed by atoms with Gasteiger partial charge in [0.25, 0.3) is 0 Å². The zero-order chi connectivity index (χ0) is 19.7. The molecule has 1 saturated heterocycles. The highest BCUT2D eigenvalue weighted by molar-refractivity contribution is 8.15. The fourth-order valence-corrected chi connectivity index (χ4v) is 3.85. The van der Waals surface area contributed by atoms with Crippen molar-refractivity contribution in [1.29, 1.82) is 0 Å². The maximum absolute atomic E-state index is 12.6. The maximum Gasteiger partial charge on any atom is 0.433 e. The molecule has 1 aromatic carbocycles. The third kappa shape index (κ3) is 5.96. The molecule has 0 aliphatic carbocycles. The van der Waals surface area contributed by atoms with E-state index in [1.54, 1.807) is 0 Å². The number of carbonyl (C=O) groups is 1.